The topological polar surface area (TPSA) is 77.1 Å². The second kappa shape index (κ2) is 9.22. The maximum atomic E-state index is 14.6. The van der Waals surface area contributed by atoms with Gasteiger partial charge in [0, 0.05) is 30.0 Å². The summed E-state index contributed by atoms with van der Waals surface area (Å²) in [6.07, 6.45) is 0. The fraction of sp³-hybridized carbons (Fsp3) is 0.120. The predicted octanol–water partition coefficient (Wildman–Crippen LogP) is 4.39. The molecule has 1 heterocycles. The Bertz CT molecular complexity index is 1280. The zero-order chi connectivity index (χ0) is 24.4. The van der Waals surface area contributed by atoms with Crippen LogP contribution in [0, 0.1) is 11.6 Å². The molecule has 0 atom stereocenters. The van der Waals surface area contributed by atoms with Crippen LogP contribution in [0.2, 0.25) is 0 Å². The Labute approximate surface area is 194 Å². The van der Waals surface area contributed by atoms with E-state index in [2.05, 4.69) is 5.32 Å². The summed E-state index contributed by atoms with van der Waals surface area (Å²) in [5.74, 6) is -1.99. The summed E-state index contributed by atoms with van der Waals surface area (Å²) < 4.78 is 43.7. The molecule has 1 aliphatic rings. The van der Waals surface area contributed by atoms with Gasteiger partial charge in [0.25, 0.3) is 11.8 Å². The smallest absolute Gasteiger partial charge is 0.282 e. The zero-order valence-corrected chi connectivity index (χ0v) is 18.5. The van der Waals surface area contributed by atoms with E-state index in [1.807, 2.05) is 0 Å². The number of benzene rings is 3. The van der Waals surface area contributed by atoms with Crippen molar-refractivity contribution in [3.8, 4) is 17.2 Å². The molecule has 0 radical (unpaired) electrons. The molecule has 0 spiro atoms. The summed E-state index contributed by atoms with van der Waals surface area (Å²) in [6, 6.07) is 14.0. The molecule has 34 heavy (non-hydrogen) atoms. The van der Waals surface area contributed by atoms with Crippen LogP contribution in [0.1, 0.15) is 5.56 Å². The summed E-state index contributed by atoms with van der Waals surface area (Å²) >= 11 is 0. The molecule has 3 aromatic carbocycles. The van der Waals surface area contributed by atoms with Gasteiger partial charge in [0.05, 0.1) is 32.6 Å². The van der Waals surface area contributed by atoms with Crippen LogP contribution in [0.5, 0.6) is 17.2 Å². The first-order chi connectivity index (χ1) is 16.4. The molecule has 174 valence electrons. The standard InChI is InChI=1S/C25H20F2N2O5/c1-32-17-7-4-14(5-8-17)22-23(28-16-11-18(33-2)13-19(12-16)34-3)25(31)29(24(22)30)21-9-6-15(26)10-20(21)27/h4-13,28H,1-3H3. The lowest BCUT2D eigenvalue weighted by Crippen LogP contribution is -2.33. The minimum atomic E-state index is -1.04. The van der Waals surface area contributed by atoms with Gasteiger partial charge in [-0.25, -0.2) is 13.7 Å². The molecule has 3 aromatic rings. The van der Waals surface area contributed by atoms with Crippen LogP contribution in [-0.2, 0) is 9.59 Å². The van der Waals surface area contributed by atoms with E-state index in [-0.39, 0.29) is 17.0 Å². The summed E-state index contributed by atoms with van der Waals surface area (Å²) in [7, 11) is 4.45. The number of nitrogens with one attached hydrogen (secondary N) is 1. The largest absolute Gasteiger partial charge is 0.497 e. The van der Waals surface area contributed by atoms with Crippen LogP contribution >= 0.6 is 0 Å². The molecule has 2 amide bonds. The fourth-order valence-corrected chi connectivity index (χ4v) is 3.58. The van der Waals surface area contributed by atoms with Crippen LogP contribution in [0.15, 0.2) is 66.4 Å². The molecular formula is C25H20F2N2O5. The lowest BCUT2D eigenvalue weighted by molar-refractivity contribution is -0.120. The van der Waals surface area contributed by atoms with Gasteiger partial charge in [0.15, 0.2) is 0 Å². The van der Waals surface area contributed by atoms with E-state index in [1.54, 1.807) is 42.5 Å². The van der Waals surface area contributed by atoms with Gasteiger partial charge in [0.1, 0.15) is 34.6 Å². The van der Waals surface area contributed by atoms with Crippen molar-refractivity contribution < 1.29 is 32.6 Å². The van der Waals surface area contributed by atoms with Crippen molar-refractivity contribution in [2.75, 3.05) is 31.5 Å². The SMILES string of the molecule is COc1ccc(C2=C(Nc3cc(OC)cc(OC)c3)C(=O)N(c3ccc(F)cc3F)C2=O)cc1. The quantitative estimate of drug-likeness (QED) is 0.521. The van der Waals surface area contributed by atoms with E-state index in [4.69, 9.17) is 14.2 Å². The lowest BCUT2D eigenvalue weighted by Gasteiger charge is -2.16. The molecule has 9 heteroatoms. The van der Waals surface area contributed by atoms with E-state index >= 15 is 0 Å². The van der Waals surface area contributed by atoms with E-state index in [0.717, 1.165) is 12.1 Å². The molecule has 0 bridgehead atoms. The van der Waals surface area contributed by atoms with Crippen molar-refractivity contribution in [2.45, 2.75) is 0 Å². The molecule has 0 unspecified atom stereocenters. The van der Waals surface area contributed by atoms with Crippen LogP contribution < -0.4 is 24.4 Å². The summed E-state index contributed by atoms with van der Waals surface area (Å²) in [6.45, 7) is 0. The minimum absolute atomic E-state index is 0.0122. The van der Waals surface area contributed by atoms with E-state index < -0.39 is 23.4 Å². The first kappa shape index (κ1) is 22.8. The Balaban J connectivity index is 1.84. The molecule has 1 N–H and O–H groups in total. The van der Waals surface area contributed by atoms with Crippen molar-refractivity contribution in [1.82, 2.24) is 0 Å². The highest BCUT2D eigenvalue weighted by Crippen LogP contribution is 2.36. The third kappa shape index (κ3) is 4.15. The summed E-state index contributed by atoms with van der Waals surface area (Å²) in [4.78, 5) is 27.5. The van der Waals surface area contributed by atoms with Crippen molar-refractivity contribution in [3.05, 3.63) is 83.6 Å². The number of hydrogen-bond donors (Lipinski definition) is 1. The second-order valence-corrected chi connectivity index (χ2v) is 7.25. The van der Waals surface area contributed by atoms with E-state index in [0.29, 0.717) is 39.5 Å². The maximum absolute atomic E-state index is 14.6. The maximum Gasteiger partial charge on any atom is 0.282 e. The van der Waals surface area contributed by atoms with Gasteiger partial charge in [0.2, 0.25) is 0 Å². The number of carbonyl (C=O) groups is 2. The number of carbonyl (C=O) groups excluding carboxylic acids is 2. The molecule has 0 aliphatic carbocycles. The van der Waals surface area contributed by atoms with Gasteiger partial charge in [-0.2, -0.15) is 0 Å². The van der Waals surface area contributed by atoms with Gasteiger partial charge in [-0.3, -0.25) is 9.59 Å². The molecule has 4 rings (SSSR count). The summed E-state index contributed by atoms with van der Waals surface area (Å²) in [5.41, 5.74) is 0.371. The normalized spacial score (nSPS) is 13.4. The minimum Gasteiger partial charge on any atom is -0.497 e. The van der Waals surface area contributed by atoms with Crippen molar-refractivity contribution in [1.29, 1.82) is 0 Å². The van der Waals surface area contributed by atoms with Gasteiger partial charge in [-0.15, -0.1) is 0 Å². The first-order valence-corrected chi connectivity index (χ1v) is 10.1. The number of imide groups is 1. The molecule has 1 aliphatic heterocycles. The third-order valence-corrected chi connectivity index (χ3v) is 5.23. The highest BCUT2D eigenvalue weighted by Gasteiger charge is 2.41. The van der Waals surface area contributed by atoms with Crippen molar-refractivity contribution >= 4 is 28.8 Å². The molecule has 0 saturated heterocycles. The number of ether oxygens (including phenoxy) is 3. The monoisotopic (exact) mass is 466 g/mol. The Kier molecular flexibility index (Phi) is 6.18. The molecular weight excluding hydrogens is 446 g/mol. The van der Waals surface area contributed by atoms with Crippen LogP contribution in [0.25, 0.3) is 5.57 Å². The number of amides is 2. The van der Waals surface area contributed by atoms with Crippen molar-refractivity contribution in [3.63, 3.8) is 0 Å². The second-order valence-electron chi connectivity index (χ2n) is 7.25. The average molecular weight is 466 g/mol. The van der Waals surface area contributed by atoms with Crippen molar-refractivity contribution in [2.24, 2.45) is 0 Å². The number of nitrogens with zero attached hydrogens (tertiary/aromatic N) is 1. The Morgan fingerprint density at radius 1 is 0.735 bits per heavy atom. The van der Waals surface area contributed by atoms with Crippen LogP contribution in [0.4, 0.5) is 20.2 Å². The van der Waals surface area contributed by atoms with E-state index in [9.17, 15) is 18.4 Å². The first-order valence-electron chi connectivity index (χ1n) is 10.1. The zero-order valence-electron chi connectivity index (χ0n) is 18.5. The Morgan fingerprint density at radius 3 is 1.91 bits per heavy atom. The molecule has 0 saturated carbocycles. The average Bonchev–Trinajstić information content (AvgIpc) is 3.08. The Hall–Kier alpha value is -4.40. The highest BCUT2D eigenvalue weighted by molar-refractivity contribution is 6.46. The van der Waals surface area contributed by atoms with Gasteiger partial charge in [-0.1, -0.05) is 12.1 Å². The number of halogens is 2. The highest BCUT2D eigenvalue weighted by atomic mass is 19.1. The van der Waals surface area contributed by atoms with Gasteiger partial charge >= 0.3 is 0 Å². The number of anilines is 2. The lowest BCUT2D eigenvalue weighted by atomic mass is 10.0. The van der Waals surface area contributed by atoms with Crippen LogP contribution in [-0.4, -0.2) is 33.1 Å². The van der Waals surface area contributed by atoms with Gasteiger partial charge in [-0.05, 0) is 29.8 Å². The molecule has 0 fully saturated rings. The molecule has 7 nitrogen and oxygen atoms in total. The predicted molar refractivity (Wildman–Crippen MR) is 122 cm³/mol. The van der Waals surface area contributed by atoms with Crippen LogP contribution in [0.3, 0.4) is 0 Å². The van der Waals surface area contributed by atoms with Gasteiger partial charge < -0.3 is 19.5 Å². The number of methoxy groups -OCH3 is 3. The number of rotatable bonds is 7. The molecule has 0 aromatic heterocycles. The fourth-order valence-electron chi connectivity index (χ4n) is 3.58. The summed E-state index contributed by atoms with van der Waals surface area (Å²) in [5, 5.41) is 2.96. The van der Waals surface area contributed by atoms with E-state index in [1.165, 1.54) is 21.3 Å². The number of hydrogen-bond acceptors (Lipinski definition) is 6. The Morgan fingerprint density at radius 2 is 1.35 bits per heavy atom. The third-order valence-electron chi connectivity index (χ3n) is 5.23.